The van der Waals surface area contributed by atoms with Gasteiger partial charge in [-0.15, -0.1) is 0 Å². The number of aromatic nitrogens is 3. The van der Waals surface area contributed by atoms with E-state index < -0.39 is 17.6 Å². The molecule has 2 aromatic rings. The van der Waals surface area contributed by atoms with Gasteiger partial charge in [-0.2, -0.15) is 18.3 Å². The second-order valence-corrected chi connectivity index (χ2v) is 10.7. The highest BCUT2D eigenvalue weighted by atomic mass is 19.4. The van der Waals surface area contributed by atoms with Gasteiger partial charge < -0.3 is 11.1 Å². The number of alkyl halides is 3. The van der Waals surface area contributed by atoms with Gasteiger partial charge in [-0.25, -0.2) is 4.98 Å². The zero-order valence-corrected chi connectivity index (χ0v) is 19.7. The van der Waals surface area contributed by atoms with E-state index in [4.69, 9.17) is 10.8 Å². The number of hydrogen-bond donors (Lipinski definition) is 2. The van der Waals surface area contributed by atoms with Gasteiger partial charge >= 0.3 is 6.18 Å². The largest absolute Gasteiger partial charge is 0.419 e. The maximum absolute atomic E-state index is 13.4. The monoisotopic (exact) mass is 462 g/mol. The fourth-order valence-corrected chi connectivity index (χ4v) is 6.38. The molecule has 0 spiro atoms. The Hall–Kier alpha value is -2.13. The van der Waals surface area contributed by atoms with Crippen molar-refractivity contribution in [3.63, 3.8) is 0 Å². The first-order valence-electron chi connectivity index (χ1n) is 11.9. The standard InChI is InChI=1S/C24H33F3N6/c1-13(2)33-20(9-19(31-33)15-7-18(24(25,26)27)22(28)30-11-15)21-17-8-16(10-23(17,21)4)32-6-5-29-14(3)12-32/h7,9,11,13-14,16-17,21,29H,5-6,8,10,12H2,1-4H3,(H2,28,30). The van der Waals surface area contributed by atoms with Crippen LogP contribution in [0, 0.1) is 11.3 Å². The van der Waals surface area contributed by atoms with Gasteiger partial charge in [0.25, 0.3) is 0 Å². The summed E-state index contributed by atoms with van der Waals surface area (Å²) in [6, 6.07) is 4.30. The molecule has 3 fully saturated rings. The van der Waals surface area contributed by atoms with Crippen LogP contribution in [-0.4, -0.2) is 51.4 Å². The lowest BCUT2D eigenvalue weighted by Gasteiger charge is -2.37. The average molecular weight is 463 g/mol. The number of halogens is 3. The highest BCUT2D eigenvalue weighted by Gasteiger charge is 2.67. The molecule has 3 N–H and O–H groups in total. The minimum absolute atomic E-state index is 0.118. The minimum atomic E-state index is -4.55. The summed E-state index contributed by atoms with van der Waals surface area (Å²) in [5.74, 6) is 0.471. The second-order valence-electron chi connectivity index (χ2n) is 10.7. The van der Waals surface area contributed by atoms with Crippen LogP contribution in [0.25, 0.3) is 11.3 Å². The molecule has 2 saturated carbocycles. The maximum atomic E-state index is 13.4. The predicted molar refractivity (Wildman–Crippen MR) is 122 cm³/mol. The number of nitrogen functional groups attached to an aromatic ring is 1. The summed E-state index contributed by atoms with van der Waals surface area (Å²) in [6.45, 7) is 12.0. The summed E-state index contributed by atoms with van der Waals surface area (Å²) in [6.07, 6.45) is -0.824. The fourth-order valence-electron chi connectivity index (χ4n) is 6.38. The van der Waals surface area contributed by atoms with Crippen molar-refractivity contribution in [2.75, 3.05) is 25.4 Å². The van der Waals surface area contributed by atoms with Crippen LogP contribution >= 0.6 is 0 Å². The maximum Gasteiger partial charge on any atom is 0.419 e. The summed E-state index contributed by atoms with van der Waals surface area (Å²) in [7, 11) is 0. The van der Waals surface area contributed by atoms with E-state index in [1.54, 1.807) is 0 Å². The molecule has 180 valence electrons. The number of rotatable bonds is 4. The predicted octanol–water partition coefficient (Wildman–Crippen LogP) is 4.30. The molecule has 9 heteroatoms. The van der Waals surface area contributed by atoms with Crippen LogP contribution in [0.1, 0.15) is 63.8 Å². The fraction of sp³-hybridized carbons (Fsp3) is 0.667. The Morgan fingerprint density at radius 1 is 1.27 bits per heavy atom. The van der Waals surface area contributed by atoms with Crippen molar-refractivity contribution in [2.45, 2.75) is 70.8 Å². The zero-order chi connectivity index (χ0) is 23.7. The van der Waals surface area contributed by atoms with Crippen molar-refractivity contribution in [1.29, 1.82) is 0 Å². The van der Waals surface area contributed by atoms with Crippen LogP contribution in [0.4, 0.5) is 19.0 Å². The lowest BCUT2D eigenvalue weighted by atomic mass is 9.95. The van der Waals surface area contributed by atoms with Crippen LogP contribution in [0.5, 0.6) is 0 Å². The highest BCUT2D eigenvalue weighted by Crippen LogP contribution is 2.73. The smallest absolute Gasteiger partial charge is 0.383 e. The van der Waals surface area contributed by atoms with Crippen molar-refractivity contribution in [3.8, 4) is 11.3 Å². The number of pyridine rings is 1. The van der Waals surface area contributed by atoms with E-state index in [0.717, 1.165) is 37.8 Å². The van der Waals surface area contributed by atoms with E-state index >= 15 is 0 Å². The third-order valence-corrected chi connectivity index (χ3v) is 8.06. The van der Waals surface area contributed by atoms with Crippen LogP contribution in [0.15, 0.2) is 18.3 Å². The van der Waals surface area contributed by atoms with Crippen LogP contribution in [0.2, 0.25) is 0 Å². The second kappa shape index (κ2) is 7.70. The van der Waals surface area contributed by atoms with E-state index in [2.05, 4.69) is 42.9 Å². The van der Waals surface area contributed by atoms with E-state index in [0.29, 0.717) is 35.2 Å². The Balaban J connectivity index is 1.41. The summed E-state index contributed by atoms with van der Waals surface area (Å²) in [4.78, 5) is 6.44. The van der Waals surface area contributed by atoms with Gasteiger partial charge in [0.1, 0.15) is 5.82 Å². The van der Waals surface area contributed by atoms with Gasteiger partial charge in [0, 0.05) is 61.1 Å². The molecule has 0 amide bonds. The Labute approximate surface area is 192 Å². The molecule has 2 aliphatic carbocycles. The van der Waals surface area contributed by atoms with Crippen molar-refractivity contribution in [3.05, 3.63) is 29.6 Å². The number of piperazine rings is 1. The molecule has 1 saturated heterocycles. The SMILES string of the molecule is CC1CN(C2CC3C(c4cc(-c5cnc(N)c(C(F)(F)F)c5)nn4C(C)C)C3(C)C2)CCN1. The molecule has 5 rings (SSSR count). The van der Waals surface area contributed by atoms with Crippen LogP contribution < -0.4 is 11.1 Å². The number of nitrogens with zero attached hydrogens (tertiary/aromatic N) is 4. The third kappa shape index (κ3) is 3.83. The summed E-state index contributed by atoms with van der Waals surface area (Å²) in [5, 5.41) is 8.24. The van der Waals surface area contributed by atoms with Gasteiger partial charge in [-0.05, 0) is 57.1 Å². The normalized spacial score (nSPS) is 32.4. The highest BCUT2D eigenvalue weighted by molar-refractivity contribution is 5.63. The molecule has 5 unspecified atom stereocenters. The van der Waals surface area contributed by atoms with Crippen molar-refractivity contribution >= 4 is 5.82 Å². The zero-order valence-electron chi connectivity index (χ0n) is 19.7. The summed E-state index contributed by atoms with van der Waals surface area (Å²) < 4.78 is 42.1. The number of hydrogen-bond acceptors (Lipinski definition) is 5. The number of anilines is 1. The van der Waals surface area contributed by atoms with Crippen molar-refractivity contribution < 1.29 is 13.2 Å². The summed E-state index contributed by atoms with van der Waals surface area (Å²) >= 11 is 0. The molecule has 0 aromatic carbocycles. The first kappa shape index (κ1) is 22.7. The first-order valence-corrected chi connectivity index (χ1v) is 11.9. The van der Waals surface area contributed by atoms with Gasteiger partial charge in [0.15, 0.2) is 0 Å². The lowest BCUT2D eigenvalue weighted by molar-refractivity contribution is -0.137. The van der Waals surface area contributed by atoms with Crippen molar-refractivity contribution in [2.24, 2.45) is 11.3 Å². The Bertz CT molecular complexity index is 1050. The molecule has 5 atom stereocenters. The van der Waals surface area contributed by atoms with Gasteiger partial charge in [-0.1, -0.05) is 6.92 Å². The molecule has 2 aromatic heterocycles. The Morgan fingerprint density at radius 2 is 2.03 bits per heavy atom. The van der Waals surface area contributed by atoms with E-state index in [-0.39, 0.29) is 11.5 Å². The van der Waals surface area contributed by atoms with Gasteiger partial charge in [0.05, 0.1) is 11.3 Å². The Morgan fingerprint density at radius 3 is 2.64 bits per heavy atom. The third-order valence-electron chi connectivity index (χ3n) is 8.06. The van der Waals surface area contributed by atoms with Crippen LogP contribution in [-0.2, 0) is 6.18 Å². The summed E-state index contributed by atoms with van der Waals surface area (Å²) in [5.41, 5.74) is 6.80. The molecule has 6 nitrogen and oxygen atoms in total. The molecule has 3 heterocycles. The molecule has 33 heavy (non-hydrogen) atoms. The number of nitrogens with two attached hydrogens (primary N) is 1. The van der Waals surface area contributed by atoms with Crippen molar-refractivity contribution in [1.82, 2.24) is 25.0 Å². The average Bonchev–Trinajstić information content (AvgIpc) is 3.07. The lowest BCUT2D eigenvalue weighted by Crippen LogP contribution is -2.52. The topological polar surface area (TPSA) is 72.0 Å². The molecule has 0 bridgehead atoms. The van der Waals surface area contributed by atoms with Gasteiger partial charge in [0.2, 0.25) is 0 Å². The first-order chi connectivity index (χ1) is 15.5. The molecular weight excluding hydrogens is 429 g/mol. The van der Waals surface area contributed by atoms with Crippen LogP contribution in [0.3, 0.4) is 0 Å². The van der Waals surface area contributed by atoms with Gasteiger partial charge in [-0.3, -0.25) is 9.58 Å². The van der Waals surface area contributed by atoms with E-state index in [9.17, 15) is 13.2 Å². The van der Waals surface area contributed by atoms with E-state index in [1.165, 1.54) is 12.6 Å². The quantitative estimate of drug-likeness (QED) is 0.709. The Kier molecular flexibility index (Phi) is 5.28. The minimum Gasteiger partial charge on any atom is -0.383 e. The molecule has 3 aliphatic rings. The molecule has 1 aliphatic heterocycles. The van der Waals surface area contributed by atoms with E-state index in [1.807, 2.05) is 10.7 Å². The number of fused-ring (bicyclic) bond motifs is 1. The molecule has 0 radical (unpaired) electrons. The molecular formula is C24H33F3N6. The number of nitrogens with one attached hydrogen (secondary N) is 1.